The Morgan fingerprint density at radius 3 is 2.65 bits per heavy atom. The Hall–Kier alpha value is -1.91. The van der Waals surface area contributed by atoms with Crippen molar-refractivity contribution in [2.45, 2.75) is 26.8 Å². The number of pyridine rings is 1. The van der Waals surface area contributed by atoms with Gasteiger partial charge in [0.1, 0.15) is 17.8 Å². The molecule has 0 bridgehead atoms. The lowest BCUT2D eigenvalue weighted by Crippen LogP contribution is -2.12. The molecule has 5 nitrogen and oxygen atoms in total. The standard InChI is InChI=1S/C12H17N5/c1-8(2)9(3)17-7-14-16-12(17)10-5-4-6-11(13)15-10/h4-9H,1-3H3,(H2,13,15). The zero-order valence-corrected chi connectivity index (χ0v) is 10.3. The predicted molar refractivity (Wildman–Crippen MR) is 67.2 cm³/mol. The third kappa shape index (κ3) is 2.27. The fourth-order valence-electron chi connectivity index (χ4n) is 1.62. The molecule has 0 radical (unpaired) electrons. The minimum atomic E-state index is 0.322. The van der Waals surface area contributed by atoms with Crippen LogP contribution in [-0.2, 0) is 0 Å². The molecule has 1 atom stereocenters. The summed E-state index contributed by atoms with van der Waals surface area (Å²) >= 11 is 0. The van der Waals surface area contributed by atoms with Gasteiger partial charge in [0.15, 0.2) is 5.82 Å². The van der Waals surface area contributed by atoms with E-state index in [1.54, 1.807) is 12.4 Å². The van der Waals surface area contributed by atoms with E-state index >= 15 is 0 Å². The van der Waals surface area contributed by atoms with Gasteiger partial charge in [0, 0.05) is 6.04 Å². The highest BCUT2D eigenvalue weighted by Gasteiger charge is 2.16. The summed E-state index contributed by atoms with van der Waals surface area (Å²) in [6.07, 6.45) is 1.74. The van der Waals surface area contributed by atoms with E-state index in [0.29, 0.717) is 17.8 Å². The van der Waals surface area contributed by atoms with Crippen molar-refractivity contribution < 1.29 is 0 Å². The highest BCUT2D eigenvalue weighted by Crippen LogP contribution is 2.23. The van der Waals surface area contributed by atoms with Crippen molar-refractivity contribution in [3.05, 3.63) is 24.5 Å². The Morgan fingerprint density at radius 1 is 1.24 bits per heavy atom. The highest BCUT2D eigenvalue weighted by molar-refractivity contribution is 5.52. The molecular formula is C12H17N5. The molecule has 2 rings (SSSR count). The number of hydrogen-bond donors (Lipinski definition) is 1. The van der Waals surface area contributed by atoms with Gasteiger partial charge in [-0.15, -0.1) is 10.2 Å². The molecule has 0 saturated carbocycles. The Kier molecular flexibility index (Phi) is 3.08. The third-order valence-electron chi connectivity index (χ3n) is 2.98. The molecule has 0 aromatic carbocycles. The van der Waals surface area contributed by atoms with Gasteiger partial charge in [-0.25, -0.2) is 4.98 Å². The van der Waals surface area contributed by atoms with Crippen LogP contribution in [0.25, 0.3) is 11.5 Å². The van der Waals surface area contributed by atoms with Crippen molar-refractivity contribution in [3.63, 3.8) is 0 Å². The van der Waals surface area contributed by atoms with Gasteiger partial charge in [0.2, 0.25) is 0 Å². The first-order chi connectivity index (χ1) is 8.09. The van der Waals surface area contributed by atoms with E-state index in [9.17, 15) is 0 Å². The Morgan fingerprint density at radius 2 is 2.00 bits per heavy atom. The SMILES string of the molecule is CC(C)C(C)n1cnnc1-c1cccc(N)n1. The maximum absolute atomic E-state index is 5.68. The average Bonchev–Trinajstić information content (AvgIpc) is 2.76. The summed E-state index contributed by atoms with van der Waals surface area (Å²) in [5.41, 5.74) is 6.44. The number of rotatable bonds is 3. The van der Waals surface area contributed by atoms with Crippen LogP contribution in [0.4, 0.5) is 5.82 Å². The number of anilines is 1. The Labute approximate surface area is 101 Å². The van der Waals surface area contributed by atoms with E-state index in [-0.39, 0.29) is 0 Å². The summed E-state index contributed by atoms with van der Waals surface area (Å²) in [5, 5.41) is 8.09. The molecule has 2 aromatic heterocycles. The van der Waals surface area contributed by atoms with Gasteiger partial charge in [-0.1, -0.05) is 19.9 Å². The van der Waals surface area contributed by atoms with Crippen LogP contribution >= 0.6 is 0 Å². The minimum Gasteiger partial charge on any atom is -0.384 e. The van der Waals surface area contributed by atoms with Crippen LogP contribution in [0.1, 0.15) is 26.8 Å². The molecule has 0 spiro atoms. The van der Waals surface area contributed by atoms with Gasteiger partial charge >= 0.3 is 0 Å². The maximum atomic E-state index is 5.68. The third-order valence-corrected chi connectivity index (χ3v) is 2.98. The lowest BCUT2D eigenvalue weighted by atomic mass is 10.1. The first kappa shape index (κ1) is 11.6. The van der Waals surface area contributed by atoms with Crippen LogP contribution in [0.2, 0.25) is 0 Å². The van der Waals surface area contributed by atoms with Gasteiger partial charge in [0.25, 0.3) is 0 Å². The largest absolute Gasteiger partial charge is 0.384 e. The second-order valence-corrected chi connectivity index (χ2v) is 4.49. The van der Waals surface area contributed by atoms with Gasteiger partial charge in [-0.05, 0) is 25.0 Å². The second kappa shape index (κ2) is 4.53. The second-order valence-electron chi connectivity index (χ2n) is 4.49. The van der Waals surface area contributed by atoms with Crippen LogP contribution in [0.15, 0.2) is 24.5 Å². The molecule has 5 heteroatoms. The number of aromatic nitrogens is 4. The van der Waals surface area contributed by atoms with Crippen LogP contribution in [0.3, 0.4) is 0 Å². The molecule has 0 fully saturated rings. The van der Waals surface area contributed by atoms with Gasteiger partial charge in [0.05, 0.1) is 0 Å². The van der Waals surface area contributed by atoms with E-state index in [1.165, 1.54) is 0 Å². The zero-order valence-electron chi connectivity index (χ0n) is 10.3. The van der Waals surface area contributed by atoms with Crippen molar-refractivity contribution in [1.82, 2.24) is 19.7 Å². The van der Waals surface area contributed by atoms with Gasteiger partial charge in [-0.3, -0.25) is 0 Å². The zero-order chi connectivity index (χ0) is 12.4. The van der Waals surface area contributed by atoms with E-state index in [2.05, 4.69) is 36.0 Å². The average molecular weight is 231 g/mol. The number of nitrogens with two attached hydrogens (primary N) is 1. The van der Waals surface area contributed by atoms with E-state index in [0.717, 1.165) is 11.5 Å². The van der Waals surface area contributed by atoms with E-state index in [1.807, 2.05) is 16.7 Å². The van der Waals surface area contributed by atoms with Crippen molar-refractivity contribution in [2.24, 2.45) is 5.92 Å². The molecule has 2 heterocycles. The molecule has 0 saturated heterocycles. The first-order valence-corrected chi connectivity index (χ1v) is 5.72. The van der Waals surface area contributed by atoms with Crippen molar-refractivity contribution >= 4 is 5.82 Å². The minimum absolute atomic E-state index is 0.322. The number of nitrogens with zero attached hydrogens (tertiary/aromatic N) is 4. The monoisotopic (exact) mass is 231 g/mol. The molecule has 0 amide bonds. The summed E-state index contributed by atoms with van der Waals surface area (Å²) in [5.74, 6) is 1.76. The molecule has 2 N–H and O–H groups in total. The van der Waals surface area contributed by atoms with Crippen LogP contribution in [-0.4, -0.2) is 19.7 Å². The van der Waals surface area contributed by atoms with Gasteiger partial charge in [-0.2, -0.15) is 0 Å². The molecule has 17 heavy (non-hydrogen) atoms. The summed E-state index contributed by atoms with van der Waals surface area (Å²) in [6, 6.07) is 5.85. The molecule has 1 unspecified atom stereocenters. The number of nitrogen functional groups attached to an aromatic ring is 1. The van der Waals surface area contributed by atoms with Crippen molar-refractivity contribution in [2.75, 3.05) is 5.73 Å². The highest BCUT2D eigenvalue weighted by atomic mass is 15.3. The quantitative estimate of drug-likeness (QED) is 0.878. The summed E-state index contributed by atoms with van der Waals surface area (Å²) < 4.78 is 2.03. The fraction of sp³-hybridized carbons (Fsp3) is 0.417. The fourth-order valence-corrected chi connectivity index (χ4v) is 1.62. The predicted octanol–water partition coefficient (Wildman–Crippen LogP) is 2.14. The normalized spacial score (nSPS) is 12.9. The Balaban J connectivity index is 2.43. The van der Waals surface area contributed by atoms with E-state index < -0.39 is 0 Å². The lowest BCUT2D eigenvalue weighted by molar-refractivity contribution is 0.410. The van der Waals surface area contributed by atoms with Gasteiger partial charge < -0.3 is 10.3 Å². The summed E-state index contributed by atoms with van der Waals surface area (Å²) in [6.45, 7) is 6.48. The van der Waals surface area contributed by atoms with Crippen LogP contribution in [0, 0.1) is 5.92 Å². The van der Waals surface area contributed by atoms with Crippen LogP contribution in [0.5, 0.6) is 0 Å². The van der Waals surface area contributed by atoms with Crippen molar-refractivity contribution in [1.29, 1.82) is 0 Å². The van der Waals surface area contributed by atoms with Crippen molar-refractivity contribution in [3.8, 4) is 11.5 Å². The smallest absolute Gasteiger partial charge is 0.182 e. The molecule has 0 aliphatic heterocycles. The maximum Gasteiger partial charge on any atom is 0.182 e. The molecule has 90 valence electrons. The van der Waals surface area contributed by atoms with Crippen LogP contribution < -0.4 is 5.73 Å². The number of hydrogen-bond acceptors (Lipinski definition) is 4. The molecule has 0 aliphatic carbocycles. The molecule has 0 aliphatic rings. The topological polar surface area (TPSA) is 69.6 Å². The summed E-state index contributed by atoms with van der Waals surface area (Å²) in [7, 11) is 0. The lowest BCUT2D eigenvalue weighted by Gasteiger charge is -2.18. The summed E-state index contributed by atoms with van der Waals surface area (Å²) in [4.78, 5) is 4.27. The first-order valence-electron chi connectivity index (χ1n) is 5.72. The molecular weight excluding hydrogens is 214 g/mol. The molecule has 2 aromatic rings. The van der Waals surface area contributed by atoms with E-state index in [4.69, 9.17) is 5.73 Å². The Bertz CT molecular complexity index is 503.